The third kappa shape index (κ3) is 3.41. The van der Waals surface area contributed by atoms with E-state index in [-0.39, 0.29) is 11.4 Å². The smallest absolute Gasteiger partial charge is 0.401 e. The Balaban J connectivity index is 1.68. The van der Waals surface area contributed by atoms with E-state index in [1.54, 1.807) is 27.4 Å². The molecule has 4 aromatic heterocycles. The standard InChI is InChI=1S/C18H13N3O4S3/c1-2-20-17(22)15-12(13-4-3-8-26-13)10-28-16(15)19-18(20)27-9-7-11-5-6-14(25-11)21(23)24/h3-10H,2H2,1H3/b9-7+. The normalized spacial score (nSPS) is 11.6. The van der Waals surface area contributed by atoms with E-state index in [4.69, 9.17) is 4.42 Å². The second-order valence-corrected chi connectivity index (χ2v) is 8.28. The van der Waals surface area contributed by atoms with Gasteiger partial charge in [-0.25, -0.2) is 4.98 Å². The van der Waals surface area contributed by atoms with Gasteiger partial charge in [0.2, 0.25) is 0 Å². The summed E-state index contributed by atoms with van der Waals surface area (Å²) in [6.45, 7) is 2.39. The minimum atomic E-state index is -0.587. The zero-order chi connectivity index (χ0) is 19.7. The first-order chi connectivity index (χ1) is 13.6. The van der Waals surface area contributed by atoms with Gasteiger partial charge in [0, 0.05) is 22.4 Å². The van der Waals surface area contributed by atoms with Gasteiger partial charge in [-0.3, -0.25) is 19.5 Å². The molecule has 0 aromatic carbocycles. The van der Waals surface area contributed by atoms with E-state index < -0.39 is 4.92 Å². The highest BCUT2D eigenvalue weighted by Gasteiger charge is 2.17. The van der Waals surface area contributed by atoms with Crippen molar-refractivity contribution >= 4 is 56.6 Å². The van der Waals surface area contributed by atoms with Gasteiger partial charge >= 0.3 is 5.88 Å². The van der Waals surface area contributed by atoms with Crippen LogP contribution in [-0.2, 0) is 6.54 Å². The molecule has 0 saturated carbocycles. The van der Waals surface area contributed by atoms with Crippen LogP contribution in [0.4, 0.5) is 5.88 Å². The number of aromatic nitrogens is 2. The summed E-state index contributed by atoms with van der Waals surface area (Å²) >= 11 is 4.31. The topological polar surface area (TPSA) is 91.2 Å². The van der Waals surface area contributed by atoms with Crippen molar-refractivity contribution in [1.29, 1.82) is 0 Å². The molecule has 28 heavy (non-hydrogen) atoms. The van der Waals surface area contributed by atoms with Crippen LogP contribution in [0, 0.1) is 10.1 Å². The highest BCUT2D eigenvalue weighted by atomic mass is 32.2. The zero-order valence-electron chi connectivity index (χ0n) is 14.5. The molecule has 0 unspecified atom stereocenters. The number of thiophene rings is 2. The molecule has 7 nitrogen and oxygen atoms in total. The second-order valence-electron chi connectivity index (χ2n) is 5.60. The monoisotopic (exact) mass is 431 g/mol. The summed E-state index contributed by atoms with van der Waals surface area (Å²) in [5.74, 6) is 0.0520. The lowest BCUT2D eigenvalue weighted by Crippen LogP contribution is -2.21. The molecule has 0 fully saturated rings. The Morgan fingerprint density at radius 1 is 1.36 bits per heavy atom. The van der Waals surface area contributed by atoms with E-state index >= 15 is 0 Å². The summed E-state index contributed by atoms with van der Waals surface area (Å²) in [7, 11) is 0. The molecule has 0 aliphatic rings. The Bertz CT molecular complexity index is 1230. The van der Waals surface area contributed by atoms with Crippen LogP contribution in [0.15, 0.2) is 54.8 Å². The van der Waals surface area contributed by atoms with Crippen molar-refractivity contribution in [2.75, 3.05) is 0 Å². The quantitative estimate of drug-likeness (QED) is 0.174. The van der Waals surface area contributed by atoms with Crippen molar-refractivity contribution < 1.29 is 9.34 Å². The van der Waals surface area contributed by atoms with E-state index in [1.807, 2.05) is 29.8 Å². The summed E-state index contributed by atoms with van der Waals surface area (Å²) in [4.78, 5) is 29.6. The molecule has 0 spiro atoms. The first-order valence-electron chi connectivity index (χ1n) is 8.22. The number of rotatable bonds is 6. The Morgan fingerprint density at radius 3 is 2.89 bits per heavy atom. The molecular weight excluding hydrogens is 418 g/mol. The lowest BCUT2D eigenvalue weighted by molar-refractivity contribution is -0.402. The van der Waals surface area contributed by atoms with Gasteiger partial charge < -0.3 is 4.42 Å². The van der Waals surface area contributed by atoms with Gasteiger partial charge in [-0.15, -0.1) is 22.7 Å². The first-order valence-corrected chi connectivity index (χ1v) is 10.9. The SMILES string of the molecule is CCn1c(S/C=C/c2ccc([N+](=O)[O-])o2)nc2scc(-c3cccs3)c2c1=O. The summed E-state index contributed by atoms with van der Waals surface area (Å²) in [6, 6.07) is 6.78. The average molecular weight is 432 g/mol. The number of nitro groups is 1. The summed E-state index contributed by atoms with van der Waals surface area (Å²) < 4.78 is 6.72. The average Bonchev–Trinajstić information content (AvgIpc) is 3.42. The molecule has 0 N–H and O–H groups in total. The number of nitrogens with zero attached hydrogens (tertiary/aromatic N) is 3. The Kier molecular flexibility index (Phi) is 5.16. The van der Waals surface area contributed by atoms with Crippen molar-refractivity contribution in [2.24, 2.45) is 0 Å². The van der Waals surface area contributed by atoms with Crippen LogP contribution in [0.25, 0.3) is 26.7 Å². The zero-order valence-corrected chi connectivity index (χ0v) is 17.0. The van der Waals surface area contributed by atoms with Crippen LogP contribution in [0.3, 0.4) is 0 Å². The van der Waals surface area contributed by atoms with Gasteiger partial charge in [-0.2, -0.15) is 0 Å². The van der Waals surface area contributed by atoms with Crippen LogP contribution in [0.5, 0.6) is 0 Å². The van der Waals surface area contributed by atoms with Crippen LogP contribution in [-0.4, -0.2) is 14.5 Å². The van der Waals surface area contributed by atoms with Gasteiger partial charge in [-0.05, 0) is 35.9 Å². The first kappa shape index (κ1) is 18.7. The van der Waals surface area contributed by atoms with Gasteiger partial charge in [0.1, 0.15) is 15.5 Å². The van der Waals surface area contributed by atoms with Crippen molar-refractivity contribution in [3.8, 4) is 10.4 Å². The number of thioether (sulfide) groups is 1. The van der Waals surface area contributed by atoms with E-state index in [9.17, 15) is 14.9 Å². The second kappa shape index (κ2) is 7.74. The Labute approximate surface area is 171 Å². The van der Waals surface area contributed by atoms with Crippen LogP contribution in [0.1, 0.15) is 12.7 Å². The fraction of sp³-hybridized carbons (Fsp3) is 0.111. The summed E-state index contributed by atoms with van der Waals surface area (Å²) in [5.41, 5.74) is 0.853. The maximum Gasteiger partial charge on any atom is 0.433 e. The van der Waals surface area contributed by atoms with Crippen molar-refractivity contribution in [3.05, 3.63) is 66.7 Å². The molecular formula is C18H13N3O4S3. The molecule has 4 aromatic rings. The van der Waals surface area contributed by atoms with Crippen molar-refractivity contribution in [2.45, 2.75) is 18.6 Å². The molecule has 0 saturated heterocycles. The molecule has 142 valence electrons. The number of hydrogen-bond acceptors (Lipinski definition) is 8. The molecule has 0 aliphatic heterocycles. The minimum Gasteiger partial charge on any atom is -0.401 e. The van der Waals surface area contributed by atoms with Crippen molar-refractivity contribution in [3.63, 3.8) is 0 Å². The lowest BCUT2D eigenvalue weighted by Gasteiger charge is -2.08. The molecule has 0 atom stereocenters. The van der Waals surface area contributed by atoms with Crippen molar-refractivity contribution in [1.82, 2.24) is 9.55 Å². The van der Waals surface area contributed by atoms with Gasteiger partial charge in [0.15, 0.2) is 5.16 Å². The third-order valence-corrected chi connectivity index (χ3v) is 6.53. The maximum atomic E-state index is 13.1. The lowest BCUT2D eigenvalue weighted by atomic mass is 10.2. The number of fused-ring (bicyclic) bond motifs is 1. The third-order valence-electron chi connectivity index (χ3n) is 3.96. The largest absolute Gasteiger partial charge is 0.433 e. The van der Waals surface area contributed by atoms with Crippen LogP contribution in [0.2, 0.25) is 0 Å². The molecule has 0 amide bonds. The molecule has 0 bridgehead atoms. The minimum absolute atomic E-state index is 0.0679. The molecule has 0 radical (unpaired) electrons. The molecule has 4 heterocycles. The number of hydrogen-bond donors (Lipinski definition) is 0. The molecule has 0 aliphatic carbocycles. The van der Waals surface area contributed by atoms with E-state index in [1.165, 1.54) is 35.2 Å². The van der Waals surface area contributed by atoms with E-state index in [0.717, 1.165) is 10.4 Å². The van der Waals surface area contributed by atoms with Gasteiger partial charge in [-0.1, -0.05) is 17.8 Å². The predicted octanol–water partition coefficient (Wildman–Crippen LogP) is 5.47. The molecule has 4 rings (SSSR count). The van der Waals surface area contributed by atoms with Crippen LogP contribution >= 0.6 is 34.4 Å². The highest BCUT2D eigenvalue weighted by Crippen LogP contribution is 2.34. The fourth-order valence-corrected chi connectivity index (χ4v) is 5.30. The summed E-state index contributed by atoms with van der Waals surface area (Å²) in [5, 5.41) is 17.5. The van der Waals surface area contributed by atoms with Gasteiger partial charge in [0.05, 0.1) is 11.5 Å². The van der Waals surface area contributed by atoms with E-state index in [2.05, 4.69) is 4.98 Å². The Morgan fingerprint density at radius 2 is 2.21 bits per heavy atom. The van der Waals surface area contributed by atoms with E-state index in [0.29, 0.717) is 27.7 Å². The van der Waals surface area contributed by atoms with Crippen LogP contribution < -0.4 is 5.56 Å². The molecule has 10 heteroatoms. The predicted molar refractivity (Wildman–Crippen MR) is 113 cm³/mol. The highest BCUT2D eigenvalue weighted by molar-refractivity contribution is 8.02. The Hall–Kier alpha value is -2.69. The van der Waals surface area contributed by atoms with Gasteiger partial charge in [0.25, 0.3) is 5.56 Å². The maximum absolute atomic E-state index is 13.1. The number of furan rings is 1. The fourth-order valence-electron chi connectivity index (χ4n) is 2.68. The summed E-state index contributed by atoms with van der Waals surface area (Å²) in [6.07, 6.45) is 1.61.